The molecule has 1 aromatic rings. The number of carbonyl (C=O) groups excluding carboxylic acids is 2. The molecule has 2 aliphatic heterocycles. The molecule has 0 aromatic heterocycles. The standard InChI is InChI=1S/C18H24N2O5.C5H11N/c1-13(21)19-7-9-20(10-8-19)17(22)6-5-14-11-15(23-2)18(25-4)16(12-14)24-3;1-2-4-6-5-3-1/h5-6,11-12H,7-10H2,1-4H3;6H,1-5H2. The number of hydrogen-bond acceptors (Lipinski definition) is 6. The van der Waals surface area contributed by atoms with Crippen molar-refractivity contribution in [1.82, 2.24) is 15.1 Å². The van der Waals surface area contributed by atoms with Crippen LogP contribution in [0.3, 0.4) is 0 Å². The van der Waals surface area contributed by atoms with Crippen molar-refractivity contribution in [3.63, 3.8) is 0 Å². The lowest BCUT2D eigenvalue weighted by Crippen LogP contribution is -2.49. The summed E-state index contributed by atoms with van der Waals surface area (Å²) in [6, 6.07) is 3.55. The Kier molecular flexibility index (Phi) is 10.2. The van der Waals surface area contributed by atoms with E-state index in [0.29, 0.717) is 43.4 Å². The average Bonchev–Trinajstić information content (AvgIpc) is 2.83. The molecule has 0 atom stereocenters. The Morgan fingerprint density at radius 3 is 1.81 bits per heavy atom. The smallest absolute Gasteiger partial charge is 0.246 e. The highest BCUT2D eigenvalue weighted by Gasteiger charge is 2.21. The van der Waals surface area contributed by atoms with Gasteiger partial charge in [0.25, 0.3) is 0 Å². The molecular weight excluding hydrogens is 398 g/mol. The van der Waals surface area contributed by atoms with Crippen LogP contribution in [0.2, 0.25) is 0 Å². The van der Waals surface area contributed by atoms with Crippen molar-refractivity contribution in [2.24, 2.45) is 0 Å². The Morgan fingerprint density at radius 2 is 1.42 bits per heavy atom. The van der Waals surface area contributed by atoms with Crippen LogP contribution in [0, 0.1) is 0 Å². The molecule has 31 heavy (non-hydrogen) atoms. The molecule has 0 unspecified atom stereocenters. The number of ether oxygens (including phenoxy) is 3. The first-order valence-corrected chi connectivity index (χ1v) is 10.7. The van der Waals surface area contributed by atoms with Gasteiger partial charge in [0.1, 0.15) is 0 Å². The van der Waals surface area contributed by atoms with Crippen molar-refractivity contribution in [2.45, 2.75) is 26.2 Å². The Morgan fingerprint density at radius 1 is 0.871 bits per heavy atom. The summed E-state index contributed by atoms with van der Waals surface area (Å²) in [5, 5.41) is 3.28. The van der Waals surface area contributed by atoms with Crippen molar-refractivity contribution in [3.8, 4) is 17.2 Å². The van der Waals surface area contributed by atoms with Crippen LogP contribution in [0.4, 0.5) is 0 Å². The van der Waals surface area contributed by atoms with Crippen molar-refractivity contribution in [2.75, 3.05) is 60.6 Å². The van der Waals surface area contributed by atoms with Gasteiger partial charge in [-0.3, -0.25) is 9.59 Å². The Labute approximate surface area is 185 Å². The first-order valence-electron chi connectivity index (χ1n) is 10.7. The summed E-state index contributed by atoms with van der Waals surface area (Å²) in [5.74, 6) is 1.53. The molecule has 3 rings (SSSR count). The summed E-state index contributed by atoms with van der Waals surface area (Å²) in [5.41, 5.74) is 0.769. The van der Waals surface area contributed by atoms with Crippen LogP contribution in [0.1, 0.15) is 31.7 Å². The van der Waals surface area contributed by atoms with Crippen LogP contribution in [-0.2, 0) is 9.59 Å². The van der Waals surface area contributed by atoms with E-state index in [2.05, 4.69) is 5.32 Å². The lowest BCUT2D eigenvalue weighted by molar-refractivity contribution is -0.135. The highest BCUT2D eigenvalue weighted by molar-refractivity contribution is 5.92. The molecule has 8 heteroatoms. The van der Waals surface area contributed by atoms with Crippen molar-refractivity contribution >= 4 is 17.9 Å². The monoisotopic (exact) mass is 433 g/mol. The number of piperidine rings is 1. The third-order valence-electron chi connectivity index (χ3n) is 5.35. The largest absolute Gasteiger partial charge is 0.493 e. The van der Waals surface area contributed by atoms with Gasteiger partial charge in [-0.05, 0) is 49.7 Å². The van der Waals surface area contributed by atoms with Gasteiger partial charge < -0.3 is 29.3 Å². The molecule has 8 nitrogen and oxygen atoms in total. The first-order chi connectivity index (χ1) is 15.0. The number of nitrogens with zero attached hydrogens (tertiary/aromatic N) is 2. The summed E-state index contributed by atoms with van der Waals surface area (Å²) in [6.07, 6.45) is 7.45. The van der Waals surface area contributed by atoms with E-state index in [9.17, 15) is 9.59 Å². The Hall–Kier alpha value is -2.74. The number of hydrogen-bond donors (Lipinski definition) is 1. The van der Waals surface area contributed by atoms with Crippen LogP contribution in [0.5, 0.6) is 17.2 Å². The molecule has 1 aromatic carbocycles. The summed E-state index contributed by atoms with van der Waals surface area (Å²) in [4.78, 5) is 27.1. The maximum Gasteiger partial charge on any atom is 0.246 e. The van der Waals surface area contributed by atoms with Crippen LogP contribution >= 0.6 is 0 Å². The zero-order chi connectivity index (χ0) is 22.6. The fraction of sp³-hybridized carbons (Fsp3) is 0.565. The minimum absolute atomic E-state index is 0.0417. The molecule has 0 aliphatic carbocycles. The molecule has 0 bridgehead atoms. The van der Waals surface area contributed by atoms with Crippen LogP contribution < -0.4 is 19.5 Å². The number of methoxy groups -OCH3 is 3. The van der Waals surface area contributed by atoms with E-state index >= 15 is 0 Å². The predicted molar refractivity (Wildman–Crippen MR) is 121 cm³/mol. The second-order valence-electron chi connectivity index (χ2n) is 7.43. The van der Waals surface area contributed by atoms with Gasteiger partial charge in [0.15, 0.2) is 11.5 Å². The average molecular weight is 434 g/mol. The fourth-order valence-electron chi connectivity index (χ4n) is 3.51. The number of piperazine rings is 1. The lowest BCUT2D eigenvalue weighted by Gasteiger charge is -2.33. The van der Waals surface area contributed by atoms with E-state index in [1.807, 2.05) is 0 Å². The first kappa shape index (κ1) is 24.5. The molecule has 2 heterocycles. The van der Waals surface area contributed by atoms with Crippen LogP contribution in [0.25, 0.3) is 6.08 Å². The highest BCUT2D eigenvalue weighted by Crippen LogP contribution is 2.38. The molecule has 0 saturated carbocycles. The van der Waals surface area contributed by atoms with Gasteiger partial charge in [-0.25, -0.2) is 0 Å². The predicted octanol–water partition coefficient (Wildman–Crippen LogP) is 2.18. The number of nitrogens with one attached hydrogen (secondary N) is 1. The molecule has 172 valence electrons. The maximum atomic E-state index is 12.3. The van der Waals surface area contributed by atoms with Gasteiger partial charge in [0, 0.05) is 39.2 Å². The number of carbonyl (C=O) groups is 2. The second-order valence-corrected chi connectivity index (χ2v) is 7.43. The third-order valence-corrected chi connectivity index (χ3v) is 5.35. The van der Waals surface area contributed by atoms with E-state index < -0.39 is 0 Å². The van der Waals surface area contributed by atoms with E-state index in [1.165, 1.54) is 38.4 Å². The lowest BCUT2D eigenvalue weighted by atomic mass is 10.1. The molecule has 0 radical (unpaired) electrons. The van der Waals surface area contributed by atoms with Gasteiger partial charge in [-0.1, -0.05) is 6.42 Å². The number of amides is 2. The minimum atomic E-state index is -0.0862. The Balaban J connectivity index is 0.000000488. The minimum Gasteiger partial charge on any atom is -0.493 e. The molecule has 2 aliphatic rings. The molecule has 1 N–H and O–H groups in total. The topological polar surface area (TPSA) is 80.3 Å². The van der Waals surface area contributed by atoms with E-state index in [0.717, 1.165) is 5.56 Å². The number of rotatable bonds is 5. The molecule has 0 spiro atoms. The van der Waals surface area contributed by atoms with E-state index in [4.69, 9.17) is 14.2 Å². The van der Waals surface area contributed by atoms with Crippen LogP contribution in [-0.4, -0.2) is 82.2 Å². The number of benzene rings is 1. The molecular formula is C23H35N3O5. The van der Waals surface area contributed by atoms with Crippen LogP contribution in [0.15, 0.2) is 18.2 Å². The highest BCUT2D eigenvalue weighted by atomic mass is 16.5. The van der Waals surface area contributed by atoms with Crippen molar-refractivity contribution in [1.29, 1.82) is 0 Å². The Bertz CT molecular complexity index is 717. The van der Waals surface area contributed by atoms with Crippen molar-refractivity contribution in [3.05, 3.63) is 23.8 Å². The van der Waals surface area contributed by atoms with Gasteiger partial charge in [-0.15, -0.1) is 0 Å². The summed E-state index contributed by atoms with van der Waals surface area (Å²) < 4.78 is 15.9. The molecule has 2 amide bonds. The second kappa shape index (κ2) is 12.8. The zero-order valence-electron chi connectivity index (χ0n) is 19.1. The summed E-state index contributed by atoms with van der Waals surface area (Å²) in [6.45, 7) is 6.26. The zero-order valence-corrected chi connectivity index (χ0v) is 19.1. The van der Waals surface area contributed by atoms with E-state index in [1.54, 1.807) is 56.3 Å². The molecule has 2 saturated heterocycles. The summed E-state index contributed by atoms with van der Waals surface area (Å²) >= 11 is 0. The van der Waals surface area contributed by atoms with Gasteiger partial charge >= 0.3 is 0 Å². The van der Waals surface area contributed by atoms with Gasteiger partial charge in [0.2, 0.25) is 17.6 Å². The fourth-order valence-corrected chi connectivity index (χ4v) is 3.51. The summed E-state index contributed by atoms with van der Waals surface area (Å²) in [7, 11) is 4.63. The van der Waals surface area contributed by atoms with E-state index in [-0.39, 0.29) is 11.8 Å². The maximum absolute atomic E-state index is 12.3. The van der Waals surface area contributed by atoms with Gasteiger partial charge in [0.05, 0.1) is 21.3 Å². The SMILES string of the molecule is C1CCNCC1.COc1cc(C=CC(=O)N2CCN(C(C)=O)CC2)cc(OC)c1OC. The molecule has 2 fully saturated rings. The van der Waals surface area contributed by atoms with Gasteiger partial charge in [-0.2, -0.15) is 0 Å². The normalized spacial score (nSPS) is 16.4. The van der Waals surface area contributed by atoms with Crippen molar-refractivity contribution < 1.29 is 23.8 Å². The third kappa shape index (κ3) is 7.47. The quantitative estimate of drug-likeness (QED) is 0.717.